The Morgan fingerprint density at radius 3 is 2.89 bits per heavy atom. The molecule has 0 heterocycles. The predicted octanol–water partition coefficient (Wildman–Crippen LogP) is 4.48. The monoisotopic (exact) mass is 245 g/mol. The molecule has 0 aromatic heterocycles. The van der Waals surface area contributed by atoms with Crippen molar-refractivity contribution in [3.8, 4) is 0 Å². The minimum Gasteiger partial charge on any atom is -0.310 e. The Kier molecular flexibility index (Phi) is 5.25. The third-order valence-corrected chi connectivity index (χ3v) is 3.97. The van der Waals surface area contributed by atoms with Gasteiger partial charge in [0.05, 0.1) is 0 Å². The fourth-order valence-corrected chi connectivity index (χ4v) is 2.92. The third-order valence-electron chi connectivity index (χ3n) is 3.97. The van der Waals surface area contributed by atoms with Crippen molar-refractivity contribution >= 4 is 0 Å². The standard InChI is InChI=1S/C17H27N/c1-14(2)8-5-6-13-18-17-12-7-10-15-9-3-4-11-16(15)17/h3-4,9,11,14,17-18H,5-8,10,12-13H2,1-2H3. The molecule has 1 aromatic rings. The summed E-state index contributed by atoms with van der Waals surface area (Å²) in [5, 5.41) is 3.75. The van der Waals surface area contributed by atoms with Gasteiger partial charge < -0.3 is 5.32 Å². The van der Waals surface area contributed by atoms with Crippen molar-refractivity contribution in [3.05, 3.63) is 35.4 Å². The van der Waals surface area contributed by atoms with Gasteiger partial charge >= 0.3 is 0 Å². The SMILES string of the molecule is CC(C)CCCCNC1CCCc2ccccc21. The van der Waals surface area contributed by atoms with Crippen LogP contribution >= 0.6 is 0 Å². The van der Waals surface area contributed by atoms with Gasteiger partial charge in [-0.15, -0.1) is 0 Å². The smallest absolute Gasteiger partial charge is 0.0323 e. The molecule has 18 heavy (non-hydrogen) atoms. The van der Waals surface area contributed by atoms with Crippen molar-refractivity contribution in [2.75, 3.05) is 6.54 Å². The van der Waals surface area contributed by atoms with E-state index in [1.165, 1.54) is 45.1 Å². The lowest BCUT2D eigenvalue weighted by atomic mass is 9.88. The molecule has 1 nitrogen and oxygen atoms in total. The largest absolute Gasteiger partial charge is 0.310 e. The molecule has 1 atom stereocenters. The fraction of sp³-hybridized carbons (Fsp3) is 0.647. The minimum atomic E-state index is 0.606. The van der Waals surface area contributed by atoms with Crippen LogP contribution in [0.25, 0.3) is 0 Å². The Labute approximate surface area is 112 Å². The topological polar surface area (TPSA) is 12.0 Å². The number of hydrogen-bond acceptors (Lipinski definition) is 1. The first kappa shape index (κ1) is 13.6. The van der Waals surface area contributed by atoms with Gasteiger partial charge in [0.25, 0.3) is 0 Å². The van der Waals surface area contributed by atoms with Crippen LogP contribution in [0.15, 0.2) is 24.3 Å². The lowest BCUT2D eigenvalue weighted by Crippen LogP contribution is -2.26. The predicted molar refractivity (Wildman–Crippen MR) is 78.8 cm³/mol. The van der Waals surface area contributed by atoms with Crippen LogP contribution in [0.5, 0.6) is 0 Å². The second-order valence-electron chi connectivity index (χ2n) is 5.99. The molecule has 1 N–H and O–H groups in total. The van der Waals surface area contributed by atoms with E-state index in [4.69, 9.17) is 0 Å². The molecule has 0 aliphatic heterocycles. The molecule has 1 aliphatic rings. The number of rotatable bonds is 6. The average Bonchev–Trinajstić information content (AvgIpc) is 2.38. The number of fused-ring (bicyclic) bond motifs is 1. The minimum absolute atomic E-state index is 0.606. The van der Waals surface area contributed by atoms with E-state index in [9.17, 15) is 0 Å². The summed E-state index contributed by atoms with van der Waals surface area (Å²) in [4.78, 5) is 0. The summed E-state index contributed by atoms with van der Waals surface area (Å²) in [5.74, 6) is 0.848. The maximum Gasteiger partial charge on any atom is 0.0323 e. The zero-order valence-electron chi connectivity index (χ0n) is 11.9. The summed E-state index contributed by atoms with van der Waals surface area (Å²) in [6.45, 7) is 5.79. The first-order chi connectivity index (χ1) is 8.77. The lowest BCUT2D eigenvalue weighted by Gasteiger charge is -2.26. The Hall–Kier alpha value is -0.820. The van der Waals surface area contributed by atoms with Crippen LogP contribution in [0.4, 0.5) is 0 Å². The Morgan fingerprint density at radius 1 is 1.22 bits per heavy atom. The normalized spacial score (nSPS) is 18.9. The van der Waals surface area contributed by atoms with Gasteiger partial charge in [0.1, 0.15) is 0 Å². The van der Waals surface area contributed by atoms with Gasteiger partial charge in [-0.3, -0.25) is 0 Å². The van der Waals surface area contributed by atoms with Crippen molar-refractivity contribution in [1.29, 1.82) is 0 Å². The molecule has 0 saturated heterocycles. The van der Waals surface area contributed by atoms with E-state index >= 15 is 0 Å². The van der Waals surface area contributed by atoms with E-state index in [-0.39, 0.29) is 0 Å². The fourth-order valence-electron chi connectivity index (χ4n) is 2.92. The molecule has 0 saturated carbocycles. The summed E-state index contributed by atoms with van der Waals surface area (Å²) in [6, 6.07) is 9.55. The molecular weight excluding hydrogens is 218 g/mol. The molecule has 1 unspecified atom stereocenters. The molecule has 0 bridgehead atoms. The number of unbranched alkanes of at least 4 members (excludes halogenated alkanes) is 1. The number of aryl methyl sites for hydroxylation is 1. The maximum atomic E-state index is 3.75. The maximum absolute atomic E-state index is 3.75. The van der Waals surface area contributed by atoms with Crippen LogP contribution in [-0.4, -0.2) is 6.54 Å². The van der Waals surface area contributed by atoms with Gasteiger partial charge in [0, 0.05) is 6.04 Å². The van der Waals surface area contributed by atoms with Crippen molar-refractivity contribution < 1.29 is 0 Å². The Morgan fingerprint density at radius 2 is 2.06 bits per heavy atom. The third kappa shape index (κ3) is 3.84. The molecule has 0 amide bonds. The zero-order valence-corrected chi connectivity index (χ0v) is 11.9. The van der Waals surface area contributed by atoms with Crippen LogP contribution in [0.2, 0.25) is 0 Å². The molecule has 2 rings (SSSR count). The first-order valence-electron chi connectivity index (χ1n) is 7.58. The van der Waals surface area contributed by atoms with Gasteiger partial charge in [-0.25, -0.2) is 0 Å². The van der Waals surface area contributed by atoms with Crippen LogP contribution in [-0.2, 0) is 6.42 Å². The Balaban J connectivity index is 1.77. The highest BCUT2D eigenvalue weighted by Gasteiger charge is 2.18. The number of hydrogen-bond donors (Lipinski definition) is 1. The molecule has 1 aliphatic carbocycles. The molecule has 1 heteroatoms. The van der Waals surface area contributed by atoms with Crippen LogP contribution in [0, 0.1) is 5.92 Å². The molecular formula is C17H27N. The second-order valence-corrected chi connectivity index (χ2v) is 5.99. The van der Waals surface area contributed by atoms with E-state index in [0.717, 1.165) is 5.92 Å². The molecule has 0 fully saturated rings. The molecule has 0 spiro atoms. The van der Waals surface area contributed by atoms with E-state index in [1.54, 1.807) is 11.1 Å². The van der Waals surface area contributed by atoms with Gasteiger partial charge in [-0.2, -0.15) is 0 Å². The van der Waals surface area contributed by atoms with E-state index < -0.39 is 0 Å². The van der Waals surface area contributed by atoms with Gasteiger partial charge in [-0.1, -0.05) is 51.0 Å². The molecule has 100 valence electrons. The summed E-state index contributed by atoms with van der Waals surface area (Å²) in [6.07, 6.45) is 7.95. The quantitative estimate of drug-likeness (QED) is 0.729. The second kappa shape index (κ2) is 6.94. The summed E-state index contributed by atoms with van der Waals surface area (Å²) >= 11 is 0. The van der Waals surface area contributed by atoms with E-state index in [0.29, 0.717) is 6.04 Å². The summed E-state index contributed by atoms with van der Waals surface area (Å²) < 4.78 is 0. The van der Waals surface area contributed by atoms with Crippen molar-refractivity contribution in [1.82, 2.24) is 5.32 Å². The highest BCUT2D eigenvalue weighted by Crippen LogP contribution is 2.29. The number of benzene rings is 1. The van der Waals surface area contributed by atoms with Crippen LogP contribution in [0.3, 0.4) is 0 Å². The van der Waals surface area contributed by atoms with Gasteiger partial charge in [0.2, 0.25) is 0 Å². The summed E-state index contributed by atoms with van der Waals surface area (Å²) in [7, 11) is 0. The summed E-state index contributed by atoms with van der Waals surface area (Å²) in [5.41, 5.74) is 3.11. The first-order valence-corrected chi connectivity index (χ1v) is 7.58. The Bertz CT molecular complexity index is 356. The average molecular weight is 245 g/mol. The van der Waals surface area contributed by atoms with E-state index in [2.05, 4.69) is 43.4 Å². The van der Waals surface area contributed by atoms with Crippen molar-refractivity contribution in [2.24, 2.45) is 5.92 Å². The van der Waals surface area contributed by atoms with Crippen molar-refractivity contribution in [2.45, 2.75) is 58.4 Å². The zero-order chi connectivity index (χ0) is 12.8. The van der Waals surface area contributed by atoms with Crippen molar-refractivity contribution in [3.63, 3.8) is 0 Å². The highest BCUT2D eigenvalue weighted by atomic mass is 14.9. The van der Waals surface area contributed by atoms with Crippen LogP contribution in [0.1, 0.15) is 63.1 Å². The lowest BCUT2D eigenvalue weighted by molar-refractivity contribution is 0.441. The number of nitrogens with one attached hydrogen (secondary N) is 1. The molecule has 0 radical (unpaired) electrons. The highest BCUT2D eigenvalue weighted by molar-refractivity contribution is 5.32. The van der Waals surface area contributed by atoms with Gasteiger partial charge in [0.15, 0.2) is 0 Å². The molecule has 1 aromatic carbocycles. The van der Waals surface area contributed by atoms with Crippen LogP contribution < -0.4 is 5.32 Å². The van der Waals surface area contributed by atoms with E-state index in [1.807, 2.05) is 0 Å². The van der Waals surface area contributed by atoms with Gasteiger partial charge in [-0.05, 0) is 49.3 Å².